The molecule has 0 radical (unpaired) electrons. The Morgan fingerprint density at radius 2 is 2.18 bits per heavy atom. The van der Waals surface area contributed by atoms with E-state index in [1.54, 1.807) is 0 Å². The molecule has 8 nitrogen and oxygen atoms in total. The SMILES string of the molecule is C/C(Cn1nc([N+](=O)[O-])c(Br)c(Br)c1=O)=N/O. The summed E-state index contributed by atoms with van der Waals surface area (Å²) in [6.07, 6.45) is 0. The van der Waals surface area contributed by atoms with E-state index in [2.05, 4.69) is 42.1 Å². The van der Waals surface area contributed by atoms with E-state index in [0.29, 0.717) is 0 Å². The van der Waals surface area contributed by atoms with E-state index >= 15 is 0 Å². The number of hydrogen-bond donors (Lipinski definition) is 1. The van der Waals surface area contributed by atoms with Gasteiger partial charge in [0.1, 0.15) is 15.5 Å². The van der Waals surface area contributed by atoms with E-state index in [1.165, 1.54) is 6.92 Å². The van der Waals surface area contributed by atoms with Crippen molar-refractivity contribution in [1.82, 2.24) is 9.78 Å². The molecule has 0 aromatic carbocycles. The Hall–Kier alpha value is -1.29. The zero-order chi connectivity index (χ0) is 13.2. The Kier molecular flexibility index (Phi) is 4.34. The van der Waals surface area contributed by atoms with Gasteiger partial charge in [0.2, 0.25) is 0 Å². The summed E-state index contributed by atoms with van der Waals surface area (Å²) in [6, 6.07) is 0. The smallest absolute Gasteiger partial charge is 0.404 e. The van der Waals surface area contributed by atoms with Gasteiger partial charge in [-0.3, -0.25) is 4.79 Å². The highest BCUT2D eigenvalue weighted by molar-refractivity contribution is 9.13. The minimum Gasteiger partial charge on any atom is -0.411 e. The number of nitrogens with zero attached hydrogens (tertiary/aromatic N) is 4. The lowest BCUT2D eigenvalue weighted by atomic mass is 10.4. The van der Waals surface area contributed by atoms with Gasteiger partial charge in [-0.15, -0.1) is 4.68 Å². The molecule has 92 valence electrons. The quantitative estimate of drug-likeness (QED) is 0.376. The second-order valence-electron chi connectivity index (χ2n) is 3.01. The summed E-state index contributed by atoms with van der Waals surface area (Å²) in [4.78, 5) is 21.6. The molecule has 0 aliphatic heterocycles. The van der Waals surface area contributed by atoms with E-state index in [9.17, 15) is 14.9 Å². The summed E-state index contributed by atoms with van der Waals surface area (Å²) in [7, 11) is 0. The first-order valence-electron chi connectivity index (χ1n) is 4.16. The summed E-state index contributed by atoms with van der Waals surface area (Å²) >= 11 is 5.84. The van der Waals surface area contributed by atoms with Crippen LogP contribution in [0.2, 0.25) is 0 Å². The standard InChI is InChI=1S/C7H6Br2N4O4/c1-3(11-15)2-12-7(14)5(9)4(8)6(10-12)13(16)17/h15H,2H2,1H3/b11-3-. The van der Waals surface area contributed by atoms with Crippen molar-refractivity contribution in [3.8, 4) is 0 Å². The summed E-state index contributed by atoms with van der Waals surface area (Å²) in [5.74, 6) is -0.498. The van der Waals surface area contributed by atoms with Gasteiger partial charge in [0.25, 0.3) is 0 Å². The molecule has 1 N–H and O–H groups in total. The number of halogens is 2. The fourth-order valence-corrected chi connectivity index (χ4v) is 1.76. The number of aromatic nitrogens is 2. The van der Waals surface area contributed by atoms with Gasteiger partial charge in [-0.1, -0.05) is 5.16 Å². The lowest BCUT2D eigenvalue weighted by Gasteiger charge is -2.02. The molecule has 0 bridgehead atoms. The molecular formula is C7H6Br2N4O4. The van der Waals surface area contributed by atoms with Crippen LogP contribution in [0.4, 0.5) is 5.82 Å². The van der Waals surface area contributed by atoms with E-state index in [1.807, 2.05) is 0 Å². The molecule has 0 aliphatic carbocycles. The van der Waals surface area contributed by atoms with Crippen LogP contribution in [0.5, 0.6) is 0 Å². The first-order chi connectivity index (χ1) is 7.88. The largest absolute Gasteiger partial charge is 0.411 e. The average molecular weight is 370 g/mol. The molecule has 0 aliphatic rings. The van der Waals surface area contributed by atoms with Gasteiger partial charge in [0.05, 0.1) is 10.8 Å². The number of rotatable bonds is 3. The van der Waals surface area contributed by atoms with Crippen molar-refractivity contribution in [2.45, 2.75) is 13.5 Å². The van der Waals surface area contributed by atoms with Gasteiger partial charge in [0.15, 0.2) is 0 Å². The van der Waals surface area contributed by atoms with E-state index < -0.39 is 16.3 Å². The summed E-state index contributed by atoms with van der Waals surface area (Å²) in [6.45, 7) is 1.32. The van der Waals surface area contributed by atoms with Crippen LogP contribution in [0.25, 0.3) is 0 Å². The van der Waals surface area contributed by atoms with Crippen molar-refractivity contribution in [3.05, 3.63) is 29.4 Å². The maximum Gasteiger partial charge on any atom is 0.404 e. The minimum atomic E-state index is -0.726. The normalized spacial score (nSPS) is 11.6. The zero-order valence-corrected chi connectivity index (χ0v) is 11.6. The first kappa shape index (κ1) is 13.8. The van der Waals surface area contributed by atoms with Gasteiger partial charge >= 0.3 is 11.4 Å². The average Bonchev–Trinajstić information content (AvgIpc) is 2.29. The van der Waals surface area contributed by atoms with Crippen molar-refractivity contribution in [2.24, 2.45) is 5.16 Å². The third kappa shape index (κ3) is 2.88. The summed E-state index contributed by atoms with van der Waals surface area (Å²) in [5.41, 5.74) is -0.367. The van der Waals surface area contributed by atoms with Crippen LogP contribution in [0.15, 0.2) is 18.9 Å². The van der Waals surface area contributed by atoms with Crippen LogP contribution in [-0.4, -0.2) is 25.6 Å². The third-order valence-electron chi connectivity index (χ3n) is 1.75. The van der Waals surface area contributed by atoms with E-state index in [-0.39, 0.29) is 21.2 Å². The molecule has 0 unspecified atom stereocenters. The fraction of sp³-hybridized carbons (Fsp3) is 0.286. The predicted octanol–water partition coefficient (Wildman–Crippen LogP) is 1.53. The van der Waals surface area contributed by atoms with Crippen LogP contribution >= 0.6 is 31.9 Å². The Balaban J connectivity index is 3.42. The highest BCUT2D eigenvalue weighted by Crippen LogP contribution is 2.27. The molecule has 0 spiro atoms. The summed E-state index contributed by atoms with van der Waals surface area (Å²) in [5, 5.41) is 25.6. The third-order valence-corrected chi connectivity index (χ3v) is 3.77. The van der Waals surface area contributed by atoms with Gasteiger partial charge in [-0.05, 0) is 43.7 Å². The predicted molar refractivity (Wildman–Crippen MR) is 65.4 cm³/mol. The van der Waals surface area contributed by atoms with Gasteiger partial charge < -0.3 is 15.3 Å². The molecule has 1 aromatic rings. The molecule has 17 heavy (non-hydrogen) atoms. The van der Waals surface area contributed by atoms with E-state index in [4.69, 9.17) is 5.21 Å². The maximum atomic E-state index is 11.7. The molecule has 1 heterocycles. The number of oxime groups is 1. The second kappa shape index (κ2) is 5.36. The van der Waals surface area contributed by atoms with E-state index in [0.717, 1.165) is 4.68 Å². The van der Waals surface area contributed by atoms with Crippen molar-refractivity contribution >= 4 is 43.4 Å². The number of hydrogen-bond acceptors (Lipinski definition) is 6. The van der Waals surface area contributed by atoms with Crippen LogP contribution in [0.3, 0.4) is 0 Å². The lowest BCUT2D eigenvalue weighted by molar-refractivity contribution is -0.391. The molecular weight excluding hydrogens is 364 g/mol. The van der Waals surface area contributed by atoms with Crippen molar-refractivity contribution in [2.75, 3.05) is 0 Å². The van der Waals surface area contributed by atoms with Crippen molar-refractivity contribution in [3.63, 3.8) is 0 Å². The van der Waals surface area contributed by atoms with Crippen molar-refractivity contribution < 1.29 is 10.1 Å². The van der Waals surface area contributed by atoms with Crippen molar-refractivity contribution in [1.29, 1.82) is 0 Å². The zero-order valence-electron chi connectivity index (χ0n) is 8.42. The van der Waals surface area contributed by atoms with Crippen LogP contribution in [0, 0.1) is 10.1 Å². The Bertz CT molecular complexity index is 554. The highest BCUT2D eigenvalue weighted by Gasteiger charge is 2.23. The van der Waals surface area contributed by atoms with Crippen LogP contribution < -0.4 is 5.56 Å². The molecule has 0 fully saturated rings. The molecule has 1 rings (SSSR count). The molecule has 0 atom stereocenters. The lowest BCUT2D eigenvalue weighted by Crippen LogP contribution is -2.27. The summed E-state index contributed by atoms with van der Waals surface area (Å²) < 4.78 is 0.800. The highest BCUT2D eigenvalue weighted by atomic mass is 79.9. The Morgan fingerprint density at radius 3 is 2.65 bits per heavy atom. The Labute approximate surface area is 111 Å². The molecule has 0 saturated heterocycles. The number of nitro groups is 1. The molecule has 0 amide bonds. The fourth-order valence-electron chi connectivity index (χ4n) is 0.981. The van der Waals surface area contributed by atoms with Gasteiger partial charge in [-0.2, -0.15) is 0 Å². The second-order valence-corrected chi connectivity index (χ2v) is 4.59. The van der Waals surface area contributed by atoms with Gasteiger partial charge in [-0.25, -0.2) is 0 Å². The topological polar surface area (TPSA) is 111 Å². The monoisotopic (exact) mass is 368 g/mol. The molecule has 0 saturated carbocycles. The first-order valence-corrected chi connectivity index (χ1v) is 5.75. The minimum absolute atomic E-state index is 0.00932. The molecule has 10 heteroatoms. The maximum absolute atomic E-state index is 11.7. The van der Waals surface area contributed by atoms with Crippen LogP contribution in [-0.2, 0) is 6.54 Å². The molecule has 1 aromatic heterocycles. The van der Waals surface area contributed by atoms with Gasteiger partial charge in [0, 0.05) is 0 Å². The van der Waals surface area contributed by atoms with Crippen LogP contribution in [0.1, 0.15) is 6.92 Å². The Morgan fingerprint density at radius 1 is 1.59 bits per heavy atom.